The number of amides is 1. The van der Waals surface area contributed by atoms with E-state index in [-0.39, 0.29) is 18.7 Å². The van der Waals surface area contributed by atoms with Crippen molar-refractivity contribution < 1.29 is 14.6 Å². The Hall–Kier alpha value is -0.810. The molecule has 5 heteroatoms. The van der Waals surface area contributed by atoms with Gasteiger partial charge in [-0.3, -0.25) is 0 Å². The number of rotatable bonds is 2. The van der Waals surface area contributed by atoms with Crippen LogP contribution in [0.5, 0.6) is 0 Å². The quantitative estimate of drug-likeness (QED) is 0.732. The van der Waals surface area contributed by atoms with Crippen LogP contribution >= 0.6 is 0 Å². The average Bonchev–Trinajstić information content (AvgIpc) is 2.62. The molecule has 0 radical (unpaired) electrons. The summed E-state index contributed by atoms with van der Waals surface area (Å²) >= 11 is 0. The summed E-state index contributed by atoms with van der Waals surface area (Å²) in [5.74, 6) is 0. The second-order valence-corrected chi connectivity index (χ2v) is 5.19. The number of ether oxygens (including phenoxy) is 1. The lowest BCUT2D eigenvalue weighted by atomic mass is 10.1. The molecular weight excluding hydrogens is 208 g/mol. The third-order valence-corrected chi connectivity index (χ3v) is 2.61. The van der Waals surface area contributed by atoms with Crippen molar-refractivity contribution in [2.45, 2.75) is 51.4 Å². The van der Waals surface area contributed by atoms with Gasteiger partial charge in [-0.15, -0.1) is 0 Å². The molecular formula is C11H22N2O3. The van der Waals surface area contributed by atoms with E-state index in [1.54, 1.807) is 4.90 Å². The van der Waals surface area contributed by atoms with Gasteiger partial charge in [-0.2, -0.15) is 0 Å². The second kappa shape index (κ2) is 5.01. The number of aliphatic hydroxyl groups is 1. The van der Waals surface area contributed by atoms with Crippen LogP contribution in [0.2, 0.25) is 0 Å². The number of nitrogens with zero attached hydrogens (tertiary/aromatic N) is 1. The molecule has 1 saturated heterocycles. The van der Waals surface area contributed by atoms with Crippen LogP contribution in [0.3, 0.4) is 0 Å². The van der Waals surface area contributed by atoms with E-state index in [0.29, 0.717) is 6.54 Å². The van der Waals surface area contributed by atoms with Gasteiger partial charge in [0.15, 0.2) is 0 Å². The Labute approximate surface area is 96.6 Å². The minimum Gasteiger partial charge on any atom is -0.444 e. The van der Waals surface area contributed by atoms with Gasteiger partial charge in [0, 0.05) is 13.1 Å². The molecule has 5 nitrogen and oxygen atoms in total. The minimum atomic E-state index is -0.657. The Kier molecular flexibility index (Phi) is 4.15. The van der Waals surface area contributed by atoms with E-state index in [4.69, 9.17) is 10.5 Å². The van der Waals surface area contributed by atoms with Gasteiger partial charge in [0.1, 0.15) is 5.60 Å². The molecule has 94 valence electrons. The highest BCUT2D eigenvalue weighted by atomic mass is 16.6. The molecule has 0 spiro atoms. The van der Waals surface area contributed by atoms with Crippen molar-refractivity contribution in [3.05, 3.63) is 0 Å². The zero-order chi connectivity index (χ0) is 12.3. The van der Waals surface area contributed by atoms with E-state index in [1.165, 1.54) is 0 Å². The molecule has 0 unspecified atom stereocenters. The van der Waals surface area contributed by atoms with Gasteiger partial charge >= 0.3 is 6.09 Å². The number of carbonyl (C=O) groups excluding carboxylic acids is 1. The maximum Gasteiger partial charge on any atom is 0.410 e. The van der Waals surface area contributed by atoms with E-state index < -0.39 is 11.7 Å². The first-order valence-corrected chi connectivity index (χ1v) is 5.73. The van der Waals surface area contributed by atoms with Crippen LogP contribution in [0.4, 0.5) is 4.79 Å². The molecule has 1 fully saturated rings. The van der Waals surface area contributed by atoms with Gasteiger partial charge < -0.3 is 20.5 Å². The fourth-order valence-corrected chi connectivity index (χ4v) is 1.90. The number of hydrogen-bond acceptors (Lipinski definition) is 4. The summed E-state index contributed by atoms with van der Waals surface area (Å²) in [6.07, 6.45) is 0.663. The minimum absolute atomic E-state index is 0.171. The zero-order valence-corrected chi connectivity index (χ0v) is 10.3. The van der Waals surface area contributed by atoms with Crippen molar-refractivity contribution >= 4 is 6.09 Å². The molecule has 0 aromatic rings. The number of carbonyl (C=O) groups is 1. The van der Waals surface area contributed by atoms with Crippen molar-refractivity contribution in [2.24, 2.45) is 5.73 Å². The molecule has 0 aromatic carbocycles. The molecule has 1 heterocycles. The van der Waals surface area contributed by atoms with Crippen molar-refractivity contribution in [1.82, 2.24) is 4.90 Å². The SMILES string of the molecule is CC(C)(C)OC(=O)N1CCC[C@H]1[C@@H](O)CN. The highest BCUT2D eigenvalue weighted by Crippen LogP contribution is 2.22. The molecule has 2 atom stereocenters. The molecule has 0 aliphatic carbocycles. The first-order chi connectivity index (χ1) is 7.35. The third kappa shape index (κ3) is 3.35. The summed E-state index contributed by atoms with van der Waals surface area (Å²) in [4.78, 5) is 13.4. The van der Waals surface area contributed by atoms with Crippen LogP contribution in [-0.2, 0) is 4.74 Å². The average molecular weight is 230 g/mol. The predicted octanol–water partition coefficient (Wildman–Crippen LogP) is 0.706. The standard InChI is InChI=1S/C11H22N2O3/c1-11(2,3)16-10(15)13-6-4-5-8(13)9(14)7-12/h8-9,14H,4-7,12H2,1-3H3/t8-,9-/m0/s1. The lowest BCUT2D eigenvalue weighted by Crippen LogP contribution is -2.47. The Bertz CT molecular complexity index is 250. The molecule has 3 N–H and O–H groups in total. The molecule has 1 rings (SSSR count). The largest absolute Gasteiger partial charge is 0.444 e. The lowest BCUT2D eigenvalue weighted by Gasteiger charge is -2.30. The van der Waals surface area contributed by atoms with Crippen LogP contribution in [0, 0.1) is 0 Å². The highest BCUT2D eigenvalue weighted by Gasteiger charge is 2.35. The summed E-state index contributed by atoms with van der Waals surface area (Å²) < 4.78 is 5.28. The van der Waals surface area contributed by atoms with Crippen LogP contribution < -0.4 is 5.73 Å². The number of aliphatic hydroxyl groups excluding tert-OH is 1. The van der Waals surface area contributed by atoms with Crippen LogP contribution in [0.15, 0.2) is 0 Å². The fourth-order valence-electron chi connectivity index (χ4n) is 1.90. The summed E-state index contributed by atoms with van der Waals surface area (Å²) in [5.41, 5.74) is 4.91. The van der Waals surface area contributed by atoms with Crippen molar-refractivity contribution in [2.75, 3.05) is 13.1 Å². The highest BCUT2D eigenvalue weighted by molar-refractivity contribution is 5.69. The number of nitrogens with two attached hydrogens (primary N) is 1. The van der Waals surface area contributed by atoms with Gasteiger partial charge in [-0.25, -0.2) is 4.79 Å². The van der Waals surface area contributed by atoms with E-state index in [2.05, 4.69) is 0 Å². The fraction of sp³-hybridized carbons (Fsp3) is 0.909. The lowest BCUT2D eigenvalue weighted by molar-refractivity contribution is 0.00671. The second-order valence-electron chi connectivity index (χ2n) is 5.19. The van der Waals surface area contributed by atoms with Crippen molar-refractivity contribution in [3.63, 3.8) is 0 Å². The smallest absolute Gasteiger partial charge is 0.410 e. The molecule has 1 aliphatic rings. The molecule has 0 aromatic heterocycles. The van der Waals surface area contributed by atoms with Crippen LogP contribution in [0.25, 0.3) is 0 Å². The van der Waals surface area contributed by atoms with Gasteiger partial charge in [-0.1, -0.05) is 0 Å². The summed E-state index contributed by atoms with van der Waals surface area (Å²) in [6.45, 7) is 6.29. The Balaban J connectivity index is 2.61. The van der Waals surface area contributed by atoms with E-state index in [9.17, 15) is 9.90 Å². The normalized spacial score (nSPS) is 23.3. The maximum absolute atomic E-state index is 11.8. The molecule has 1 aliphatic heterocycles. The number of likely N-dealkylation sites (tertiary alicyclic amines) is 1. The molecule has 1 amide bonds. The Morgan fingerprint density at radius 1 is 1.62 bits per heavy atom. The molecule has 0 saturated carbocycles. The van der Waals surface area contributed by atoms with E-state index >= 15 is 0 Å². The van der Waals surface area contributed by atoms with Gasteiger partial charge in [0.25, 0.3) is 0 Å². The topological polar surface area (TPSA) is 75.8 Å². The Morgan fingerprint density at radius 3 is 2.75 bits per heavy atom. The first kappa shape index (κ1) is 13.3. The Morgan fingerprint density at radius 2 is 2.25 bits per heavy atom. The first-order valence-electron chi connectivity index (χ1n) is 5.73. The predicted molar refractivity (Wildman–Crippen MR) is 61.0 cm³/mol. The third-order valence-electron chi connectivity index (χ3n) is 2.61. The summed E-state index contributed by atoms with van der Waals surface area (Å²) in [6, 6.07) is -0.195. The van der Waals surface area contributed by atoms with Crippen LogP contribution in [0.1, 0.15) is 33.6 Å². The van der Waals surface area contributed by atoms with Crippen LogP contribution in [-0.4, -0.2) is 46.9 Å². The van der Waals surface area contributed by atoms with Crippen molar-refractivity contribution in [1.29, 1.82) is 0 Å². The summed E-state index contributed by atoms with van der Waals surface area (Å²) in [5, 5.41) is 9.70. The van der Waals surface area contributed by atoms with E-state index in [1.807, 2.05) is 20.8 Å². The van der Waals surface area contributed by atoms with Gasteiger partial charge in [0.2, 0.25) is 0 Å². The van der Waals surface area contributed by atoms with Gasteiger partial charge in [-0.05, 0) is 33.6 Å². The maximum atomic E-state index is 11.8. The number of hydrogen-bond donors (Lipinski definition) is 2. The zero-order valence-electron chi connectivity index (χ0n) is 10.3. The van der Waals surface area contributed by atoms with E-state index in [0.717, 1.165) is 12.8 Å². The molecule has 16 heavy (non-hydrogen) atoms. The monoisotopic (exact) mass is 230 g/mol. The van der Waals surface area contributed by atoms with Gasteiger partial charge in [0.05, 0.1) is 12.1 Å². The summed E-state index contributed by atoms with van der Waals surface area (Å²) in [7, 11) is 0. The molecule has 0 bridgehead atoms. The van der Waals surface area contributed by atoms with Crippen molar-refractivity contribution in [3.8, 4) is 0 Å².